The van der Waals surface area contributed by atoms with E-state index in [4.69, 9.17) is 24.9 Å². The third kappa shape index (κ3) is 5.76. The summed E-state index contributed by atoms with van der Waals surface area (Å²) in [6, 6.07) is 4.63. The molecule has 1 aliphatic heterocycles. The predicted octanol–water partition coefficient (Wildman–Crippen LogP) is 3.51. The van der Waals surface area contributed by atoms with Gasteiger partial charge in [0.15, 0.2) is 0 Å². The number of benzene rings is 1. The normalized spacial score (nSPS) is 18.2. The minimum absolute atomic E-state index is 0.0243. The van der Waals surface area contributed by atoms with Crippen LogP contribution in [0, 0.1) is 0 Å². The van der Waals surface area contributed by atoms with Gasteiger partial charge in [-0.05, 0) is 71.6 Å². The van der Waals surface area contributed by atoms with Crippen molar-refractivity contribution in [1.29, 1.82) is 0 Å². The number of ether oxygens (including phenoxy) is 1. The van der Waals surface area contributed by atoms with Crippen LogP contribution in [0.4, 0.5) is 10.5 Å². The Hall–Kier alpha value is -2.52. The summed E-state index contributed by atoms with van der Waals surface area (Å²) in [5, 5.41) is 11.9. The molecule has 1 aromatic rings. The molecule has 0 spiro atoms. The Morgan fingerprint density at radius 3 is 2.23 bits per heavy atom. The molecule has 4 N–H and O–H groups in total. The first-order chi connectivity index (χ1) is 13.6. The molecule has 0 aliphatic carbocycles. The first kappa shape index (κ1) is 23.8. The number of nitrogens with one attached hydrogen (secondary N) is 1. The summed E-state index contributed by atoms with van der Waals surface area (Å²) >= 11 is 0. The maximum atomic E-state index is 12.1. The van der Waals surface area contributed by atoms with Crippen molar-refractivity contribution in [1.82, 2.24) is 5.32 Å². The summed E-state index contributed by atoms with van der Waals surface area (Å²) in [4.78, 5) is 23.3. The van der Waals surface area contributed by atoms with Crippen molar-refractivity contribution >= 4 is 30.9 Å². The van der Waals surface area contributed by atoms with Crippen LogP contribution in [0.15, 0.2) is 23.7 Å². The van der Waals surface area contributed by atoms with Crippen molar-refractivity contribution in [2.45, 2.75) is 65.3 Å². The first-order valence-electron chi connectivity index (χ1n) is 9.77. The zero-order valence-corrected chi connectivity index (χ0v) is 18.7. The molecule has 0 saturated carbocycles. The highest BCUT2D eigenvalue weighted by Gasteiger charge is 2.52. The van der Waals surface area contributed by atoms with E-state index >= 15 is 0 Å². The maximum Gasteiger partial charge on any atom is 0.492 e. The van der Waals surface area contributed by atoms with E-state index in [1.807, 2.05) is 27.7 Å². The minimum Gasteiger partial charge on any atom is -0.478 e. The molecule has 1 heterocycles. The number of rotatable bonds is 5. The highest BCUT2D eigenvalue weighted by Crippen LogP contribution is 2.38. The zero-order chi connectivity index (χ0) is 22.9. The molecule has 2 rings (SSSR count). The molecule has 1 fully saturated rings. The van der Waals surface area contributed by atoms with Crippen molar-refractivity contribution in [2.75, 3.05) is 12.3 Å². The molecule has 0 bridgehead atoms. The number of carbonyl (C=O) groups excluding carboxylic acids is 1. The Morgan fingerprint density at radius 1 is 1.20 bits per heavy atom. The van der Waals surface area contributed by atoms with Crippen LogP contribution in [0.25, 0.3) is 6.08 Å². The van der Waals surface area contributed by atoms with Gasteiger partial charge >= 0.3 is 19.2 Å². The van der Waals surface area contributed by atoms with Gasteiger partial charge in [-0.2, -0.15) is 0 Å². The van der Waals surface area contributed by atoms with Crippen molar-refractivity contribution in [3.05, 3.63) is 34.8 Å². The molecular weight excluding hydrogens is 387 g/mol. The number of carboxylic acids is 1. The monoisotopic (exact) mass is 418 g/mol. The highest BCUT2D eigenvalue weighted by molar-refractivity contribution is 6.56. The lowest BCUT2D eigenvalue weighted by atomic mass is 9.77. The van der Waals surface area contributed by atoms with Crippen LogP contribution < -0.4 is 11.1 Å². The molecule has 164 valence electrons. The molecular formula is C21H31BN2O6. The van der Waals surface area contributed by atoms with Gasteiger partial charge in [0, 0.05) is 12.2 Å². The van der Waals surface area contributed by atoms with Gasteiger partial charge in [0.1, 0.15) is 5.60 Å². The number of alkyl carbamates (subject to hydrolysis) is 1. The van der Waals surface area contributed by atoms with E-state index in [1.165, 1.54) is 6.07 Å². The Balaban J connectivity index is 2.32. The third-order valence-electron chi connectivity index (χ3n) is 5.05. The lowest BCUT2D eigenvalue weighted by molar-refractivity contribution is 0.00578. The van der Waals surface area contributed by atoms with Gasteiger partial charge in [-0.3, -0.25) is 0 Å². The van der Waals surface area contributed by atoms with Crippen LogP contribution in [0.1, 0.15) is 64.4 Å². The van der Waals surface area contributed by atoms with Crippen LogP contribution in [0.2, 0.25) is 0 Å². The number of nitrogen functional groups attached to an aromatic ring is 1. The van der Waals surface area contributed by atoms with Crippen molar-refractivity contribution < 1.29 is 28.7 Å². The van der Waals surface area contributed by atoms with Gasteiger partial charge in [0.05, 0.1) is 16.8 Å². The average molecular weight is 418 g/mol. The quantitative estimate of drug-likeness (QED) is 0.494. The molecule has 30 heavy (non-hydrogen) atoms. The van der Waals surface area contributed by atoms with Crippen molar-refractivity contribution in [3.63, 3.8) is 0 Å². The fourth-order valence-electron chi connectivity index (χ4n) is 2.77. The SMILES string of the molecule is CC(C)(C)OC(=O)NCC(=Cc1ccc(C(=O)O)c(N)c1)B1OC(C)(C)C(C)(C)O1. The number of carbonyl (C=O) groups is 2. The second kappa shape index (κ2) is 8.31. The smallest absolute Gasteiger partial charge is 0.478 e. The van der Waals surface area contributed by atoms with Crippen LogP contribution in [0.3, 0.4) is 0 Å². The summed E-state index contributed by atoms with van der Waals surface area (Å²) in [5.41, 5.74) is 5.59. The van der Waals surface area contributed by atoms with E-state index in [1.54, 1.807) is 39.0 Å². The van der Waals surface area contributed by atoms with Gasteiger partial charge in [-0.1, -0.05) is 12.1 Å². The Bertz CT molecular complexity index is 842. The van der Waals surface area contributed by atoms with Gasteiger partial charge in [-0.15, -0.1) is 0 Å². The fourth-order valence-corrected chi connectivity index (χ4v) is 2.77. The maximum absolute atomic E-state index is 12.1. The summed E-state index contributed by atoms with van der Waals surface area (Å²) in [7, 11) is -0.703. The van der Waals surface area contributed by atoms with Gasteiger partial charge in [-0.25, -0.2) is 9.59 Å². The largest absolute Gasteiger partial charge is 0.492 e. The number of nitrogens with two attached hydrogens (primary N) is 1. The zero-order valence-electron chi connectivity index (χ0n) is 18.7. The molecule has 1 saturated heterocycles. The van der Waals surface area contributed by atoms with Gasteiger partial charge in [0.25, 0.3) is 0 Å². The molecule has 1 aliphatic rings. The van der Waals surface area contributed by atoms with Crippen LogP contribution in [-0.2, 0) is 14.0 Å². The van der Waals surface area contributed by atoms with Crippen molar-refractivity contribution in [3.8, 4) is 0 Å². The molecule has 8 nitrogen and oxygen atoms in total. The van der Waals surface area contributed by atoms with E-state index in [2.05, 4.69) is 5.32 Å². The Kier molecular flexibility index (Phi) is 6.59. The van der Waals surface area contributed by atoms with Crippen LogP contribution in [-0.4, -0.2) is 47.6 Å². The topological polar surface area (TPSA) is 120 Å². The summed E-state index contributed by atoms with van der Waals surface area (Å²) in [6.07, 6.45) is 1.20. The standard InChI is InChI=1S/C21H31BN2O6/c1-19(2,3)28-18(27)24-12-14(22-29-20(4,5)21(6,7)30-22)10-13-8-9-15(17(25)26)16(23)11-13/h8-11H,12,23H2,1-7H3,(H,24,27)(H,25,26). The number of amides is 1. The molecule has 1 amide bonds. The van der Waals surface area contributed by atoms with Gasteiger partial charge in [0.2, 0.25) is 0 Å². The van der Waals surface area contributed by atoms with Crippen LogP contribution >= 0.6 is 0 Å². The number of anilines is 1. The lowest BCUT2D eigenvalue weighted by Crippen LogP contribution is -2.41. The van der Waals surface area contributed by atoms with E-state index in [9.17, 15) is 9.59 Å². The number of hydrogen-bond donors (Lipinski definition) is 3. The number of aromatic carboxylic acids is 1. The fraction of sp³-hybridized carbons (Fsp3) is 0.524. The van der Waals surface area contributed by atoms with Crippen molar-refractivity contribution in [2.24, 2.45) is 0 Å². The molecule has 0 unspecified atom stereocenters. The lowest BCUT2D eigenvalue weighted by Gasteiger charge is -2.32. The first-order valence-corrected chi connectivity index (χ1v) is 9.77. The van der Waals surface area contributed by atoms with Crippen LogP contribution in [0.5, 0.6) is 0 Å². The second-order valence-corrected chi connectivity index (χ2v) is 9.31. The summed E-state index contributed by atoms with van der Waals surface area (Å²) in [6.45, 7) is 13.2. The van der Waals surface area contributed by atoms with E-state index in [0.717, 1.165) is 0 Å². The third-order valence-corrected chi connectivity index (χ3v) is 5.05. The molecule has 9 heteroatoms. The Labute approximate surface area is 177 Å². The molecule has 0 atom stereocenters. The predicted molar refractivity (Wildman–Crippen MR) is 116 cm³/mol. The Morgan fingerprint density at radius 2 is 1.77 bits per heavy atom. The summed E-state index contributed by atoms with van der Waals surface area (Å²) in [5.74, 6) is -1.10. The van der Waals surface area contributed by atoms with E-state index in [-0.39, 0.29) is 17.8 Å². The average Bonchev–Trinajstić information content (AvgIpc) is 2.77. The number of hydrogen-bond acceptors (Lipinski definition) is 6. The van der Waals surface area contributed by atoms with E-state index < -0.39 is 36.0 Å². The molecule has 0 radical (unpaired) electrons. The van der Waals surface area contributed by atoms with E-state index in [0.29, 0.717) is 11.0 Å². The molecule has 1 aromatic carbocycles. The minimum atomic E-state index is -1.10. The summed E-state index contributed by atoms with van der Waals surface area (Å²) < 4.78 is 17.5. The second-order valence-electron chi connectivity index (χ2n) is 9.31. The molecule has 0 aromatic heterocycles. The highest BCUT2D eigenvalue weighted by atomic mass is 16.7. The number of carboxylic acid groups (broad SMARTS) is 1. The van der Waals surface area contributed by atoms with Gasteiger partial charge < -0.3 is 30.2 Å².